The maximum Gasteiger partial charge on any atom is 0.678 e. The highest BCUT2D eigenvalue weighted by Crippen LogP contribution is 2.66. The summed E-state index contributed by atoms with van der Waals surface area (Å²) >= 11 is 0. The number of carbonyl (C=O) groups is 1. The van der Waals surface area contributed by atoms with Gasteiger partial charge in [0, 0.05) is 73.2 Å². The Hall–Kier alpha value is -8.04. The first-order chi connectivity index (χ1) is 33.1. The predicted molar refractivity (Wildman–Crippen MR) is 269 cm³/mol. The summed E-state index contributed by atoms with van der Waals surface area (Å²) in [5.41, 5.74) is 18.7. The van der Waals surface area contributed by atoms with E-state index in [0.29, 0.717) is 33.8 Å². The van der Waals surface area contributed by atoms with Crippen LogP contribution < -0.4 is 9.80 Å². The van der Waals surface area contributed by atoms with E-state index in [2.05, 4.69) is 151 Å². The van der Waals surface area contributed by atoms with Crippen molar-refractivity contribution in [3.63, 3.8) is 0 Å². The monoisotopic (exact) mass is 888 g/mol. The molecule has 13 rings (SSSR count). The van der Waals surface area contributed by atoms with E-state index in [9.17, 15) is 4.79 Å². The van der Waals surface area contributed by atoms with Crippen LogP contribution in [0.1, 0.15) is 66.1 Å². The molecule has 9 heteroatoms. The fraction of sp³-hybridized carbons (Fsp3) is 0.119. The molecule has 0 amide bonds. The predicted octanol–water partition coefficient (Wildman–Crippen LogP) is 12.0. The van der Waals surface area contributed by atoms with Crippen molar-refractivity contribution >= 4 is 36.0 Å². The van der Waals surface area contributed by atoms with Gasteiger partial charge in [0.2, 0.25) is 0 Å². The highest BCUT2D eigenvalue weighted by atomic mass is 19.2. The summed E-state index contributed by atoms with van der Waals surface area (Å²) in [4.78, 5) is 22.7. The largest absolute Gasteiger partial charge is 0.678 e. The zero-order valence-corrected chi connectivity index (χ0v) is 38.1. The van der Waals surface area contributed by atoms with E-state index < -0.39 is 24.2 Å². The third-order valence-corrected chi connectivity index (χ3v) is 15.2. The number of aromatic nitrogens is 1. The maximum absolute atomic E-state index is 16.8. The summed E-state index contributed by atoms with van der Waals surface area (Å²) in [6, 6.07) is 55.9. The molecule has 0 bridgehead atoms. The SMILES string of the molecule is COC(=O)c1ccc(/C(=C2\C=C3C(=N2)c2ccc(N(C)C)cc2C32c3ccccc3-c3ccccc32)c2cc3c(n2B(F)F)-c2ccc(N(C)C)cc2C32c3ccccc3-c3ccccc32)cc1. The molecule has 8 aromatic rings. The lowest BCUT2D eigenvalue weighted by Crippen LogP contribution is -2.27. The van der Waals surface area contributed by atoms with Crippen LogP contribution in [0.5, 0.6) is 0 Å². The fourth-order valence-corrected chi connectivity index (χ4v) is 12.4. The van der Waals surface area contributed by atoms with Gasteiger partial charge in [-0.3, -0.25) is 8.63 Å². The summed E-state index contributed by atoms with van der Waals surface area (Å²) in [5.74, 6) is -0.484. The van der Waals surface area contributed by atoms with Gasteiger partial charge in [0.15, 0.2) is 0 Å². The van der Waals surface area contributed by atoms with E-state index in [0.717, 1.165) is 95.0 Å². The number of allylic oxidation sites excluding steroid dienone is 2. The van der Waals surface area contributed by atoms with Crippen LogP contribution in [-0.2, 0) is 15.6 Å². The van der Waals surface area contributed by atoms with Crippen LogP contribution >= 0.6 is 0 Å². The smallest absolute Gasteiger partial charge is 0.465 e. The van der Waals surface area contributed by atoms with Gasteiger partial charge in [0.05, 0.1) is 34.9 Å². The lowest BCUT2D eigenvalue weighted by atomic mass is 9.70. The number of benzene rings is 7. The summed E-state index contributed by atoms with van der Waals surface area (Å²) in [6.45, 7) is 0. The maximum atomic E-state index is 16.8. The summed E-state index contributed by atoms with van der Waals surface area (Å²) in [7, 11) is 6.54. The standard InChI is InChI=1S/C59H43BF2N4O2/c1-64(2)36-26-28-42-48(30-36)58(44-18-10-6-14-38(44)39-15-7-11-19-45(39)58)50-32-52(63-55(42)50)54(34-22-24-35(25-23-34)57(67)68-5)53-33-51-56(66(53)60(61)62)43-29-27-37(65(3)4)31-49(43)59(51)46-20-12-8-16-40(46)41-17-9-13-21-47(41)59/h6-33H,1-5H3/b54-52-. The van der Waals surface area contributed by atoms with Crippen LogP contribution in [0.25, 0.3) is 39.1 Å². The average molecular weight is 889 g/mol. The second kappa shape index (κ2) is 14.2. The number of aliphatic imine (C=N–C) groups is 1. The average Bonchev–Trinajstić information content (AvgIpc) is 4.20. The Bertz CT molecular complexity index is 3540. The number of rotatable bonds is 6. The molecule has 6 nitrogen and oxygen atoms in total. The molecule has 7 aromatic carbocycles. The summed E-state index contributed by atoms with van der Waals surface area (Å²) < 4.78 is 39.9. The van der Waals surface area contributed by atoms with Gasteiger partial charge < -0.3 is 19.0 Å². The third-order valence-electron chi connectivity index (χ3n) is 15.2. The molecule has 328 valence electrons. The Labute approximate surface area is 394 Å². The molecule has 68 heavy (non-hydrogen) atoms. The molecule has 0 atom stereocenters. The van der Waals surface area contributed by atoms with Crippen LogP contribution in [0, 0.1) is 0 Å². The number of nitrogens with zero attached hydrogens (tertiary/aromatic N) is 4. The molecule has 0 unspecified atom stereocenters. The van der Waals surface area contributed by atoms with Crippen LogP contribution in [0.4, 0.5) is 20.0 Å². The number of methoxy groups -OCH3 is 1. The third kappa shape index (κ3) is 5.00. The first-order valence-corrected chi connectivity index (χ1v) is 22.9. The minimum absolute atomic E-state index is 0.333. The lowest BCUT2D eigenvalue weighted by Gasteiger charge is -2.30. The molecule has 1 aliphatic heterocycles. The first-order valence-electron chi connectivity index (χ1n) is 22.9. The lowest BCUT2D eigenvalue weighted by molar-refractivity contribution is 0.0600. The molecule has 2 heterocycles. The van der Waals surface area contributed by atoms with Gasteiger partial charge in [-0.05, 0) is 115 Å². The van der Waals surface area contributed by atoms with Gasteiger partial charge in [0.1, 0.15) is 0 Å². The van der Waals surface area contributed by atoms with Gasteiger partial charge in [-0.15, -0.1) is 0 Å². The zero-order chi connectivity index (χ0) is 46.4. The van der Waals surface area contributed by atoms with Crippen molar-refractivity contribution in [3.05, 3.63) is 242 Å². The van der Waals surface area contributed by atoms with Gasteiger partial charge in [-0.2, -0.15) is 0 Å². The van der Waals surface area contributed by atoms with Crippen molar-refractivity contribution in [1.82, 2.24) is 4.48 Å². The van der Waals surface area contributed by atoms with Gasteiger partial charge in [-0.1, -0.05) is 121 Å². The second-order valence-electron chi connectivity index (χ2n) is 18.7. The van der Waals surface area contributed by atoms with Crippen LogP contribution in [0.2, 0.25) is 0 Å². The van der Waals surface area contributed by atoms with Crippen molar-refractivity contribution in [3.8, 4) is 33.5 Å². The molecular weight excluding hydrogens is 845 g/mol. The van der Waals surface area contributed by atoms with E-state index in [1.807, 2.05) is 44.4 Å². The molecule has 2 spiro atoms. The Morgan fingerprint density at radius 3 is 1.51 bits per heavy atom. The minimum Gasteiger partial charge on any atom is -0.465 e. The summed E-state index contributed by atoms with van der Waals surface area (Å²) in [6.07, 6.45) is 2.15. The topological polar surface area (TPSA) is 50.1 Å². The molecule has 0 radical (unpaired) electrons. The van der Waals surface area contributed by atoms with E-state index >= 15 is 8.63 Å². The van der Waals surface area contributed by atoms with Gasteiger partial charge in [-0.25, -0.2) is 9.79 Å². The van der Waals surface area contributed by atoms with Crippen LogP contribution in [-0.4, -0.2) is 58.9 Å². The Kier molecular flexibility index (Phi) is 8.43. The number of hydrogen-bond acceptors (Lipinski definition) is 5. The summed E-state index contributed by atoms with van der Waals surface area (Å²) in [5, 5.41) is 0. The minimum atomic E-state index is -2.94. The molecule has 4 aliphatic carbocycles. The normalized spacial score (nSPS) is 15.9. The number of halogens is 2. The number of hydrogen-bond donors (Lipinski definition) is 0. The molecule has 5 aliphatic rings. The highest BCUT2D eigenvalue weighted by Gasteiger charge is 2.57. The first kappa shape index (κ1) is 40.3. The Morgan fingerprint density at radius 2 is 1.01 bits per heavy atom. The molecule has 1 aromatic heterocycles. The molecular formula is C59H43BF2N4O2. The van der Waals surface area contributed by atoms with Crippen LogP contribution in [0.15, 0.2) is 186 Å². The number of fused-ring (bicyclic) bond motifs is 20. The van der Waals surface area contributed by atoms with Crippen molar-refractivity contribution in [1.29, 1.82) is 0 Å². The van der Waals surface area contributed by atoms with Gasteiger partial charge in [0.25, 0.3) is 0 Å². The van der Waals surface area contributed by atoms with Crippen molar-refractivity contribution < 1.29 is 18.2 Å². The highest BCUT2D eigenvalue weighted by molar-refractivity contribution is 6.42. The van der Waals surface area contributed by atoms with Crippen molar-refractivity contribution in [2.75, 3.05) is 45.1 Å². The number of esters is 1. The van der Waals surface area contributed by atoms with Crippen LogP contribution in [0.3, 0.4) is 0 Å². The quantitative estimate of drug-likeness (QED) is 0.123. The van der Waals surface area contributed by atoms with E-state index in [-0.39, 0.29) is 0 Å². The Balaban J connectivity index is 1.15. The molecule has 0 saturated carbocycles. The Morgan fingerprint density at radius 1 is 0.544 bits per heavy atom. The van der Waals surface area contributed by atoms with Crippen molar-refractivity contribution in [2.24, 2.45) is 4.99 Å². The number of anilines is 2. The fourth-order valence-electron chi connectivity index (χ4n) is 12.4. The molecule has 0 fully saturated rings. The zero-order valence-electron chi connectivity index (χ0n) is 38.1. The second-order valence-corrected chi connectivity index (χ2v) is 18.7. The van der Waals surface area contributed by atoms with E-state index in [1.165, 1.54) is 11.6 Å². The molecule has 0 N–H and O–H groups in total. The van der Waals surface area contributed by atoms with Crippen molar-refractivity contribution in [2.45, 2.75) is 10.8 Å². The number of carbonyl (C=O) groups excluding carboxylic acids is 1. The molecule has 0 saturated heterocycles. The van der Waals surface area contributed by atoms with Gasteiger partial charge >= 0.3 is 13.4 Å². The van der Waals surface area contributed by atoms with E-state index in [1.54, 1.807) is 12.1 Å². The number of ether oxygens (including phenoxy) is 1. The van der Waals surface area contributed by atoms with E-state index in [4.69, 9.17) is 9.73 Å².